The van der Waals surface area contributed by atoms with Crippen LogP contribution in [0.1, 0.15) is 21.6 Å². The molecule has 0 amide bonds. The summed E-state index contributed by atoms with van der Waals surface area (Å²) in [6.07, 6.45) is 0. The molecule has 3 aromatic rings. The average molecular weight is 379 g/mol. The lowest BCUT2D eigenvalue weighted by Crippen LogP contribution is -2.11. The molecule has 0 saturated carbocycles. The first-order valence-corrected chi connectivity index (χ1v) is 10.00. The van der Waals surface area contributed by atoms with Crippen molar-refractivity contribution >= 4 is 34.0 Å². The normalized spacial score (nSPS) is 12.5. The predicted octanol–water partition coefficient (Wildman–Crippen LogP) is 5.25. The van der Waals surface area contributed by atoms with Crippen molar-refractivity contribution in [1.82, 2.24) is 0 Å². The van der Waals surface area contributed by atoms with Crippen molar-refractivity contribution in [1.29, 1.82) is 10.5 Å². The average Bonchev–Trinajstić information content (AvgIpc) is 3.38. The fourth-order valence-corrected chi connectivity index (χ4v) is 4.09. The second kappa shape index (κ2) is 9.05. The Labute approximate surface area is 161 Å². The molecule has 0 saturated heterocycles. The number of anilines is 2. The van der Waals surface area contributed by atoms with Crippen molar-refractivity contribution < 1.29 is 0 Å². The minimum absolute atomic E-state index is 0.144. The lowest BCUT2D eigenvalue weighted by Gasteiger charge is -2.13. The smallest absolute Gasteiger partial charge is 0.0977 e. The molecular formula is C20H18N4S2. The molecule has 0 unspecified atom stereocenters. The fourth-order valence-electron chi connectivity index (χ4n) is 2.54. The van der Waals surface area contributed by atoms with Crippen molar-refractivity contribution in [2.45, 2.75) is 11.8 Å². The Balaban J connectivity index is 1.52. The Morgan fingerprint density at radius 3 is 1.46 bits per heavy atom. The largest absolute Gasteiger partial charge is 0.383 e. The Bertz CT molecular complexity index is 796. The van der Waals surface area contributed by atoms with Crippen LogP contribution in [-0.2, 0) is 0 Å². The van der Waals surface area contributed by atoms with Gasteiger partial charge in [-0.25, -0.2) is 0 Å². The summed E-state index contributed by atoms with van der Waals surface area (Å²) in [4.78, 5) is 2.16. The minimum atomic E-state index is -0.144. The summed E-state index contributed by atoms with van der Waals surface area (Å²) >= 11 is 3.21. The molecule has 4 nitrogen and oxygen atoms in total. The Morgan fingerprint density at radius 2 is 1.15 bits per heavy atom. The first-order chi connectivity index (χ1) is 12.8. The van der Waals surface area contributed by atoms with E-state index in [4.69, 9.17) is 0 Å². The van der Waals surface area contributed by atoms with E-state index in [1.807, 2.05) is 59.3 Å². The molecular weight excluding hydrogens is 360 g/mol. The molecule has 2 N–H and O–H groups in total. The van der Waals surface area contributed by atoms with Gasteiger partial charge in [-0.15, -0.1) is 22.7 Å². The van der Waals surface area contributed by atoms with E-state index in [0.717, 1.165) is 21.1 Å². The van der Waals surface area contributed by atoms with Gasteiger partial charge in [-0.05, 0) is 47.2 Å². The van der Waals surface area contributed by atoms with Gasteiger partial charge in [0.05, 0.1) is 24.0 Å². The van der Waals surface area contributed by atoms with Gasteiger partial charge in [0.1, 0.15) is 0 Å². The molecule has 0 bridgehead atoms. The van der Waals surface area contributed by atoms with E-state index in [-0.39, 0.29) is 11.8 Å². The van der Waals surface area contributed by atoms with Crippen LogP contribution in [0, 0.1) is 22.7 Å². The highest BCUT2D eigenvalue weighted by Crippen LogP contribution is 2.23. The minimum Gasteiger partial charge on any atom is -0.383 e. The van der Waals surface area contributed by atoms with E-state index >= 15 is 0 Å². The lowest BCUT2D eigenvalue weighted by molar-refractivity contribution is 0.918. The second-order valence-electron chi connectivity index (χ2n) is 5.73. The van der Waals surface area contributed by atoms with Crippen molar-refractivity contribution in [3.63, 3.8) is 0 Å². The number of nitrogens with one attached hydrogen (secondary N) is 2. The Kier molecular flexibility index (Phi) is 6.27. The molecule has 0 aliphatic rings. The standard InChI is InChI=1S/C20H18N4S2/c21-11-15(19-3-1-9-25-19)13-23-17-5-7-18(8-6-17)24-14-16(12-22)20-4-2-10-26-20/h1-10,15-16,23-24H,13-14H2/t15-,16-/m1/s1. The first-order valence-electron chi connectivity index (χ1n) is 8.24. The summed E-state index contributed by atoms with van der Waals surface area (Å²) < 4.78 is 0. The zero-order chi connectivity index (χ0) is 18.2. The van der Waals surface area contributed by atoms with E-state index in [0.29, 0.717) is 13.1 Å². The van der Waals surface area contributed by atoms with Crippen LogP contribution in [0.2, 0.25) is 0 Å². The topological polar surface area (TPSA) is 71.6 Å². The van der Waals surface area contributed by atoms with Gasteiger partial charge in [-0.1, -0.05) is 12.1 Å². The van der Waals surface area contributed by atoms with Crippen molar-refractivity contribution in [2.24, 2.45) is 0 Å². The quantitative estimate of drug-likeness (QED) is 0.562. The molecule has 2 aromatic heterocycles. The molecule has 6 heteroatoms. The van der Waals surface area contributed by atoms with Crippen LogP contribution in [0.15, 0.2) is 59.3 Å². The third-order valence-corrected chi connectivity index (χ3v) is 5.96. The van der Waals surface area contributed by atoms with E-state index in [9.17, 15) is 10.5 Å². The number of nitrogens with zero attached hydrogens (tertiary/aromatic N) is 2. The lowest BCUT2D eigenvalue weighted by atomic mass is 10.1. The van der Waals surface area contributed by atoms with Gasteiger partial charge in [-0.2, -0.15) is 10.5 Å². The molecule has 0 radical (unpaired) electrons. The highest BCUT2D eigenvalue weighted by molar-refractivity contribution is 7.10. The zero-order valence-corrected chi connectivity index (χ0v) is 15.7. The predicted molar refractivity (Wildman–Crippen MR) is 109 cm³/mol. The van der Waals surface area contributed by atoms with E-state index in [1.165, 1.54) is 0 Å². The number of rotatable bonds is 8. The Hall–Kier alpha value is -2.80. The van der Waals surface area contributed by atoms with Gasteiger partial charge < -0.3 is 10.6 Å². The maximum absolute atomic E-state index is 9.32. The summed E-state index contributed by atoms with van der Waals surface area (Å²) in [5.74, 6) is -0.287. The van der Waals surface area contributed by atoms with Gasteiger partial charge in [0.15, 0.2) is 0 Å². The number of benzene rings is 1. The molecule has 2 atom stereocenters. The van der Waals surface area contributed by atoms with Crippen LogP contribution in [0.25, 0.3) is 0 Å². The molecule has 26 heavy (non-hydrogen) atoms. The number of thiophene rings is 2. The van der Waals surface area contributed by atoms with Gasteiger partial charge in [-0.3, -0.25) is 0 Å². The SMILES string of the molecule is N#C[C@H](CNc1ccc(NC[C@@H](C#N)c2cccs2)cc1)c1cccs1. The molecule has 0 aliphatic carbocycles. The number of hydrogen-bond donors (Lipinski definition) is 2. The second-order valence-corrected chi connectivity index (χ2v) is 7.69. The fraction of sp³-hybridized carbons (Fsp3) is 0.200. The van der Waals surface area contributed by atoms with Gasteiger partial charge in [0.25, 0.3) is 0 Å². The summed E-state index contributed by atoms with van der Waals surface area (Å²) in [7, 11) is 0. The van der Waals surface area contributed by atoms with Gasteiger partial charge in [0.2, 0.25) is 0 Å². The molecule has 130 valence electrons. The summed E-state index contributed by atoms with van der Waals surface area (Å²) in [6, 6.07) is 20.5. The molecule has 0 fully saturated rings. The third-order valence-electron chi connectivity index (χ3n) is 3.99. The maximum atomic E-state index is 9.32. The summed E-state index contributed by atoms with van der Waals surface area (Å²) in [5, 5.41) is 29.3. The van der Waals surface area contributed by atoms with E-state index < -0.39 is 0 Å². The van der Waals surface area contributed by atoms with Gasteiger partial charge >= 0.3 is 0 Å². The Morgan fingerprint density at radius 1 is 0.731 bits per heavy atom. The maximum Gasteiger partial charge on any atom is 0.0977 e. The third kappa shape index (κ3) is 4.64. The summed E-state index contributed by atoms with van der Waals surface area (Å²) in [5.41, 5.74) is 1.95. The van der Waals surface area contributed by atoms with Gasteiger partial charge in [0, 0.05) is 34.2 Å². The molecule has 0 spiro atoms. The van der Waals surface area contributed by atoms with E-state index in [1.54, 1.807) is 22.7 Å². The van der Waals surface area contributed by atoms with Crippen LogP contribution in [0.5, 0.6) is 0 Å². The first kappa shape index (κ1) is 18.0. The zero-order valence-electron chi connectivity index (χ0n) is 14.1. The molecule has 0 aliphatic heterocycles. The van der Waals surface area contributed by atoms with Crippen LogP contribution in [0.3, 0.4) is 0 Å². The number of hydrogen-bond acceptors (Lipinski definition) is 6. The van der Waals surface area contributed by atoms with Crippen LogP contribution in [-0.4, -0.2) is 13.1 Å². The highest BCUT2D eigenvalue weighted by Gasteiger charge is 2.12. The molecule has 1 aromatic carbocycles. The van der Waals surface area contributed by atoms with Crippen molar-refractivity contribution in [3.8, 4) is 12.1 Å². The summed E-state index contributed by atoms with van der Waals surface area (Å²) in [6.45, 7) is 1.16. The van der Waals surface area contributed by atoms with E-state index in [2.05, 4.69) is 22.8 Å². The van der Waals surface area contributed by atoms with Crippen LogP contribution >= 0.6 is 22.7 Å². The van der Waals surface area contributed by atoms with Crippen LogP contribution in [0.4, 0.5) is 11.4 Å². The number of nitriles is 2. The highest BCUT2D eigenvalue weighted by atomic mass is 32.1. The molecule has 3 rings (SSSR count). The van der Waals surface area contributed by atoms with Crippen LogP contribution < -0.4 is 10.6 Å². The molecule has 2 heterocycles. The van der Waals surface area contributed by atoms with Crippen molar-refractivity contribution in [3.05, 3.63) is 69.0 Å². The monoisotopic (exact) mass is 378 g/mol. The van der Waals surface area contributed by atoms with Crippen molar-refractivity contribution in [2.75, 3.05) is 23.7 Å².